The Hall–Kier alpha value is -2.61. The van der Waals surface area contributed by atoms with Crippen LogP contribution in [0, 0.1) is 0 Å². The van der Waals surface area contributed by atoms with Crippen molar-refractivity contribution < 1.29 is 13.9 Å². The van der Waals surface area contributed by atoms with Gasteiger partial charge in [-0.25, -0.2) is 4.68 Å². The highest BCUT2D eigenvalue weighted by atomic mass is 16.5. The molecule has 8 nitrogen and oxygen atoms in total. The highest BCUT2D eigenvalue weighted by molar-refractivity contribution is 5.82. The van der Waals surface area contributed by atoms with Crippen LogP contribution in [0.1, 0.15) is 12.7 Å². The molecule has 122 valence electrons. The molecule has 1 N–H and O–H groups in total. The molecule has 0 bridgehead atoms. The van der Waals surface area contributed by atoms with Crippen LogP contribution in [0.2, 0.25) is 0 Å². The molecule has 3 rings (SSSR count). The van der Waals surface area contributed by atoms with E-state index >= 15 is 0 Å². The lowest BCUT2D eigenvalue weighted by molar-refractivity contribution is -0.122. The summed E-state index contributed by atoms with van der Waals surface area (Å²) < 4.78 is 13.2. The number of hydrogen-bond donors (Lipinski definition) is 1. The molecule has 0 aliphatic carbocycles. The van der Waals surface area contributed by atoms with Gasteiger partial charge in [0.15, 0.2) is 5.58 Å². The number of carbonyl (C=O) groups excluding carboxylic acids is 1. The minimum Gasteiger partial charge on any atom is -0.463 e. The molecule has 0 atom stereocenters. The average molecular weight is 318 g/mol. The molecule has 23 heavy (non-hydrogen) atoms. The van der Waals surface area contributed by atoms with Crippen molar-refractivity contribution in [3.63, 3.8) is 0 Å². The molecule has 0 saturated carbocycles. The third kappa shape index (κ3) is 2.72. The number of rotatable bonds is 6. The van der Waals surface area contributed by atoms with Crippen LogP contribution in [0.15, 0.2) is 27.6 Å². The Labute approximate surface area is 131 Å². The highest BCUT2D eigenvalue weighted by Gasteiger charge is 2.16. The second-order valence-corrected chi connectivity index (χ2v) is 5.11. The van der Waals surface area contributed by atoms with Crippen LogP contribution in [0.5, 0.6) is 0 Å². The van der Waals surface area contributed by atoms with Crippen molar-refractivity contribution in [3.8, 4) is 0 Å². The number of carbonyl (C=O) groups is 1. The number of nitrogens with one attached hydrogen (secondary N) is 1. The molecule has 0 spiro atoms. The summed E-state index contributed by atoms with van der Waals surface area (Å²) in [4.78, 5) is 24.5. The first kappa shape index (κ1) is 15.3. The van der Waals surface area contributed by atoms with Crippen LogP contribution >= 0.6 is 0 Å². The molecule has 0 radical (unpaired) electrons. The lowest BCUT2D eigenvalue weighted by Gasteiger charge is -2.10. The fraction of sp³-hybridized carbons (Fsp3) is 0.400. The normalized spacial score (nSPS) is 11.4. The van der Waals surface area contributed by atoms with E-state index in [1.807, 2.05) is 6.92 Å². The van der Waals surface area contributed by atoms with Gasteiger partial charge in [-0.1, -0.05) is 6.92 Å². The Morgan fingerprint density at radius 2 is 2.26 bits per heavy atom. The summed E-state index contributed by atoms with van der Waals surface area (Å²) in [6.45, 7) is 2.63. The zero-order valence-electron chi connectivity index (χ0n) is 13.0. The molecule has 8 heteroatoms. The van der Waals surface area contributed by atoms with Gasteiger partial charge in [0.1, 0.15) is 17.9 Å². The molecule has 3 heterocycles. The van der Waals surface area contributed by atoms with E-state index in [1.165, 1.54) is 4.68 Å². The molecular formula is C15H18N4O4. The predicted molar refractivity (Wildman–Crippen MR) is 83.5 cm³/mol. The van der Waals surface area contributed by atoms with Crippen molar-refractivity contribution in [1.29, 1.82) is 0 Å². The molecular weight excluding hydrogens is 300 g/mol. The third-order valence-electron chi connectivity index (χ3n) is 3.61. The first-order valence-electron chi connectivity index (χ1n) is 7.40. The third-order valence-corrected chi connectivity index (χ3v) is 3.61. The fourth-order valence-electron chi connectivity index (χ4n) is 2.54. The standard InChI is InChI=1S/C15H18N4O4/c1-3-13-17-18(9-14(20)16-5-7-22-2)15(21)11-8-12-10(19(11)13)4-6-23-12/h4,6,8H,3,5,7,9H2,1-2H3,(H,16,20). The molecule has 1 amide bonds. The largest absolute Gasteiger partial charge is 0.463 e. The van der Waals surface area contributed by atoms with Crippen LogP contribution < -0.4 is 10.9 Å². The van der Waals surface area contributed by atoms with Crippen molar-refractivity contribution in [1.82, 2.24) is 19.5 Å². The van der Waals surface area contributed by atoms with Crippen LogP contribution in [0.4, 0.5) is 0 Å². The molecule has 3 aromatic heterocycles. The number of hydrogen-bond acceptors (Lipinski definition) is 5. The Morgan fingerprint density at radius 1 is 1.43 bits per heavy atom. The summed E-state index contributed by atoms with van der Waals surface area (Å²) in [5, 5.41) is 7.00. The smallest absolute Gasteiger partial charge is 0.291 e. The number of methoxy groups -OCH3 is 1. The van der Waals surface area contributed by atoms with Crippen molar-refractivity contribution in [3.05, 3.63) is 34.6 Å². The number of amides is 1. The van der Waals surface area contributed by atoms with Gasteiger partial charge in [-0.05, 0) is 0 Å². The van der Waals surface area contributed by atoms with Gasteiger partial charge in [-0.2, -0.15) is 5.10 Å². The molecule has 0 saturated heterocycles. The van der Waals surface area contributed by atoms with E-state index in [9.17, 15) is 9.59 Å². The molecule has 0 aromatic carbocycles. The summed E-state index contributed by atoms with van der Waals surface area (Å²) >= 11 is 0. The van der Waals surface area contributed by atoms with Gasteiger partial charge >= 0.3 is 0 Å². The summed E-state index contributed by atoms with van der Waals surface area (Å²) in [5.41, 5.74) is 1.56. The summed E-state index contributed by atoms with van der Waals surface area (Å²) in [5.74, 6) is 0.416. The maximum absolute atomic E-state index is 12.6. The number of nitrogens with zero attached hydrogens (tertiary/aromatic N) is 3. The number of aromatic nitrogens is 3. The zero-order valence-corrected chi connectivity index (χ0v) is 13.0. The van der Waals surface area contributed by atoms with E-state index in [4.69, 9.17) is 9.15 Å². The fourth-order valence-corrected chi connectivity index (χ4v) is 2.54. The van der Waals surface area contributed by atoms with Crippen LogP contribution in [-0.4, -0.2) is 40.3 Å². The monoisotopic (exact) mass is 318 g/mol. The summed E-state index contributed by atoms with van der Waals surface area (Å²) in [7, 11) is 1.56. The summed E-state index contributed by atoms with van der Waals surface area (Å²) in [6, 6.07) is 3.47. The highest BCUT2D eigenvalue weighted by Crippen LogP contribution is 2.20. The van der Waals surface area contributed by atoms with Crippen LogP contribution in [0.3, 0.4) is 0 Å². The zero-order chi connectivity index (χ0) is 16.4. The Balaban J connectivity index is 2.00. The van der Waals surface area contributed by atoms with Gasteiger partial charge in [0.25, 0.3) is 5.56 Å². The first-order valence-corrected chi connectivity index (χ1v) is 7.40. The van der Waals surface area contributed by atoms with E-state index in [1.54, 1.807) is 29.9 Å². The van der Waals surface area contributed by atoms with E-state index in [0.29, 0.717) is 36.5 Å². The van der Waals surface area contributed by atoms with E-state index in [2.05, 4.69) is 10.4 Å². The number of aryl methyl sites for hydroxylation is 1. The number of ether oxygens (including phenoxy) is 1. The van der Waals surface area contributed by atoms with Crippen LogP contribution in [-0.2, 0) is 22.5 Å². The van der Waals surface area contributed by atoms with Crippen LogP contribution in [0.25, 0.3) is 16.6 Å². The van der Waals surface area contributed by atoms with E-state index < -0.39 is 0 Å². The second kappa shape index (κ2) is 6.25. The number of furan rings is 1. The Morgan fingerprint density at radius 3 is 3.00 bits per heavy atom. The molecule has 0 aliphatic heterocycles. The minimum atomic E-state index is -0.324. The van der Waals surface area contributed by atoms with Gasteiger partial charge in [0, 0.05) is 32.2 Å². The van der Waals surface area contributed by atoms with Gasteiger partial charge < -0.3 is 14.5 Å². The van der Waals surface area contributed by atoms with Crippen molar-refractivity contribution >= 4 is 22.5 Å². The quantitative estimate of drug-likeness (QED) is 0.671. The predicted octanol–water partition coefficient (Wildman–Crippen LogP) is 0.567. The Kier molecular flexibility index (Phi) is 4.16. The maximum atomic E-state index is 12.6. The van der Waals surface area contributed by atoms with Crippen molar-refractivity contribution in [2.75, 3.05) is 20.3 Å². The lowest BCUT2D eigenvalue weighted by Crippen LogP contribution is -2.36. The molecule has 3 aromatic rings. The van der Waals surface area contributed by atoms with Crippen molar-refractivity contribution in [2.24, 2.45) is 0 Å². The number of fused-ring (bicyclic) bond motifs is 3. The Bertz CT molecular complexity index is 905. The van der Waals surface area contributed by atoms with Crippen molar-refractivity contribution in [2.45, 2.75) is 19.9 Å². The molecule has 0 unspecified atom stereocenters. The van der Waals surface area contributed by atoms with E-state index in [-0.39, 0.29) is 18.0 Å². The molecule has 0 aliphatic rings. The van der Waals surface area contributed by atoms with Gasteiger partial charge in [-0.3, -0.25) is 14.0 Å². The maximum Gasteiger partial charge on any atom is 0.291 e. The van der Waals surface area contributed by atoms with E-state index in [0.717, 1.165) is 5.52 Å². The lowest BCUT2D eigenvalue weighted by atomic mass is 10.4. The SMILES string of the molecule is CCc1nn(CC(=O)NCCOC)c(=O)c2cc3occc3n12. The van der Waals surface area contributed by atoms with Gasteiger partial charge in [-0.15, -0.1) is 0 Å². The van der Waals surface area contributed by atoms with Gasteiger partial charge in [0.2, 0.25) is 5.91 Å². The minimum absolute atomic E-state index is 0.126. The second-order valence-electron chi connectivity index (χ2n) is 5.11. The topological polar surface area (TPSA) is 90.8 Å². The first-order chi connectivity index (χ1) is 11.2. The van der Waals surface area contributed by atoms with Gasteiger partial charge in [0.05, 0.1) is 18.4 Å². The average Bonchev–Trinajstić information content (AvgIpc) is 3.11. The molecule has 0 fully saturated rings. The summed E-state index contributed by atoms with van der Waals surface area (Å²) in [6.07, 6.45) is 2.20.